The van der Waals surface area contributed by atoms with Gasteiger partial charge < -0.3 is 0 Å². The van der Waals surface area contributed by atoms with Crippen molar-refractivity contribution in [1.29, 1.82) is 5.26 Å². The fourth-order valence-electron chi connectivity index (χ4n) is 2.40. The summed E-state index contributed by atoms with van der Waals surface area (Å²) in [6.45, 7) is 0. The summed E-state index contributed by atoms with van der Waals surface area (Å²) in [6, 6.07) is 11.2. The predicted molar refractivity (Wildman–Crippen MR) is 107 cm³/mol. The van der Waals surface area contributed by atoms with Crippen LogP contribution in [0.3, 0.4) is 0 Å². The van der Waals surface area contributed by atoms with E-state index in [0.29, 0.717) is 33.6 Å². The van der Waals surface area contributed by atoms with Crippen molar-refractivity contribution in [3.63, 3.8) is 0 Å². The number of nitrogens with one attached hydrogen (secondary N) is 1. The second-order valence-electron chi connectivity index (χ2n) is 5.68. The van der Waals surface area contributed by atoms with E-state index in [-0.39, 0.29) is 5.91 Å². The maximum Gasteiger partial charge on any atom is 0.276 e. The van der Waals surface area contributed by atoms with E-state index in [1.165, 1.54) is 22.7 Å². The summed E-state index contributed by atoms with van der Waals surface area (Å²) in [4.78, 5) is 30.3. The largest absolute Gasteiger partial charge is 0.296 e. The molecule has 0 fully saturated rings. The maximum atomic E-state index is 12.4. The van der Waals surface area contributed by atoms with Crippen LogP contribution >= 0.6 is 22.7 Å². The minimum Gasteiger partial charge on any atom is -0.296 e. The van der Waals surface area contributed by atoms with Gasteiger partial charge in [0, 0.05) is 35.3 Å². The van der Waals surface area contributed by atoms with Crippen LogP contribution < -0.4 is 5.32 Å². The Balaban J connectivity index is 1.41. The zero-order chi connectivity index (χ0) is 19.3. The van der Waals surface area contributed by atoms with Crippen LogP contribution in [0.2, 0.25) is 0 Å². The van der Waals surface area contributed by atoms with Gasteiger partial charge in [0.25, 0.3) is 5.91 Å². The number of nitrogens with zero attached hydrogens (tertiary/aromatic N) is 5. The molecule has 1 aromatic carbocycles. The Labute approximate surface area is 168 Å². The number of thiazole rings is 2. The third kappa shape index (κ3) is 4.09. The Morgan fingerprint density at radius 3 is 2.68 bits per heavy atom. The van der Waals surface area contributed by atoms with Gasteiger partial charge >= 0.3 is 0 Å². The van der Waals surface area contributed by atoms with E-state index in [2.05, 4.69) is 31.3 Å². The van der Waals surface area contributed by atoms with Crippen molar-refractivity contribution < 1.29 is 4.79 Å². The number of carbonyl (C=O) groups is 1. The Bertz CT molecular complexity index is 1150. The molecule has 0 unspecified atom stereocenters. The van der Waals surface area contributed by atoms with Crippen molar-refractivity contribution in [2.24, 2.45) is 0 Å². The van der Waals surface area contributed by atoms with Crippen LogP contribution in [-0.2, 0) is 6.42 Å². The number of carbonyl (C=O) groups excluding carboxylic acids is 1. The number of aromatic nitrogens is 4. The number of nitriles is 1. The Morgan fingerprint density at radius 2 is 1.93 bits per heavy atom. The molecule has 0 saturated carbocycles. The highest BCUT2D eigenvalue weighted by Crippen LogP contribution is 2.23. The van der Waals surface area contributed by atoms with Crippen LogP contribution in [0, 0.1) is 11.3 Å². The third-order valence-electron chi connectivity index (χ3n) is 3.73. The van der Waals surface area contributed by atoms with Gasteiger partial charge in [-0.2, -0.15) is 5.26 Å². The molecule has 0 aliphatic rings. The fraction of sp³-hybridized carbons (Fsp3) is 0.0526. The molecule has 1 N–H and O–H groups in total. The van der Waals surface area contributed by atoms with Crippen LogP contribution in [0.4, 0.5) is 5.13 Å². The topological polar surface area (TPSA) is 104 Å². The van der Waals surface area contributed by atoms with E-state index in [1.807, 2.05) is 12.1 Å². The quantitative estimate of drug-likeness (QED) is 0.543. The van der Waals surface area contributed by atoms with Crippen molar-refractivity contribution in [1.82, 2.24) is 19.9 Å². The molecule has 0 atom stereocenters. The van der Waals surface area contributed by atoms with E-state index in [4.69, 9.17) is 5.26 Å². The average molecular weight is 404 g/mol. The van der Waals surface area contributed by atoms with Crippen molar-refractivity contribution in [3.05, 3.63) is 76.0 Å². The van der Waals surface area contributed by atoms with E-state index in [1.54, 1.807) is 42.2 Å². The van der Waals surface area contributed by atoms with Gasteiger partial charge in [-0.1, -0.05) is 12.1 Å². The second kappa shape index (κ2) is 8.04. The first-order chi connectivity index (χ1) is 13.7. The third-order valence-corrected chi connectivity index (χ3v) is 5.48. The van der Waals surface area contributed by atoms with Crippen molar-refractivity contribution >= 4 is 33.7 Å². The maximum absolute atomic E-state index is 12.4. The van der Waals surface area contributed by atoms with Crippen LogP contribution in [0.1, 0.15) is 26.5 Å². The Kier molecular flexibility index (Phi) is 5.14. The van der Waals surface area contributed by atoms with Crippen molar-refractivity contribution in [2.45, 2.75) is 6.42 Å². The number of amides is 1. The van der Waals surface area contributed by atoms with Gasteiger partial charge in [-0.3, -0.25) is 10.1 Å². The average Bonchev–Trinajstić information content (AvgIpc) is 3.39. The molecule has 0 saturated heterocycles. The lowest BCUT2D eigenvalue weighted by Crippen LogP contribution is -2.12. The summed E-state index contributed by atoms with van der Waals surface area (Å²) < 4.78 is 0. The highest BCUT2D eigenvalue weighted by atomic mass is 32.1. The summed E-state index contributed by atoms with van der Waals surface area (Å²) in [5.41, 5.74) is 2.01. The summed E-state index contributed by atoms with van der Waals surface area (Å²) in [5.74, 6) is 0.170. The van der Waals surface area contributed by atoms with Gasteiger partial charge in [-0.15, -0.1) is 22.7 Å². The number of hydrogen-bond donors (Lipinski definition) is 1. The van der Waals surface area contributed by atoms with E-state index < -0.39 is 0 Å². The van der Waals surface area contributed by atoms with Gasteiger partial charge in [-0.05, 0) is 23.8 Å². The molecular formula is C19H12N6OS2. The minimum atomic E-state index is -0.322. The molecule has 3 aromatic heterocycles. The normalized spacial score (nSPS) is 10.4. The molecule has 7 nitrogen and oxygen atoms in total. The SMILES string of the molecule is N#Cc1ccc(Cc2cnc(NC(=O)c3csc(-c4ncccn4)n3)s2)cc1. The zero-order valence-electron chi connectivity index (χ0n) is 14.4. The van der Waals surface area contributed by atoms with Crippen LogP contribution in [0.15, 0.2) is 54.3 Å². The van der Waals surface area contributed by atoms with Crippen LogP contribution in [0.5, 0.6) is 0 Å². The molecule has 4 rings (SSSR count). The van der Waals surface area contributed by atoms with E-state index >= 15 is 0 Å². The molecule has 3 heterocycles. The van der Waals surface area contributed by atoms with Gasteiger partial charge in [-0.25, -0.2) is 19.9 Å². The molecule has 0 bridgehead atoms. The van der Waals surface area contributed by atoms with Gasteiger partial charge in [0.2, 0.25) is 0 Å². The second-order valence-corrected chi connectivity index (χ2v) is 7.65. The lowest BCUT2D eigenvalue weighted by molar-refractivity contribution is 0.102. The zero-order valence-corrected chi connectivity index (χ0v) is 16.0. The molecule has 0 aliphatic carbocycles. The van der Waals surface area contributed by atoms with Crippen LogP contribution in [-0.4, -0.2) is 25.8 Å². The first-order valence-corrected chi connectivity index (χ1v) is 9.89. The molecule has 9 heteroatoms. The first kappa shape index (κ1) is 17.9. The number of hydrogen-bond acceptors (Lipinski definition) is 8. The number of anilines is 1. The molecule has 1 amide bonds. The highest BCUT2D eigenvalue weighted by molar-refractivity contribution is 7.15. The van der Waals surface area contributed by atoms with E-state index in [0.717, 1.165) is 10.4 Å². The summed E-state index contributed by atoms with van der Waals surface area (Å²) in [7, 11) is 0. The van der Waals surface area contributed by atoms with Crippen molar-refractivity contribution in [2.75, 3.05) is 5.32 Å². The fourth-order valence-corrected chi connectivity index (χ4v) is 3.98. The van der Waals surface area contributed by atoms with Gasteiger partial charge in [0.05, 0.1) is 11.6 Å². The van der Waals surface area contributed by atoms with Crippen molar-refractivity contribution in [3.8, 4) is 16.9 Å². The lowest BCUT2D eigenvalue weighted by atomic mass is 10.1. The smallest absolute Gasteiger partial charge is 0.276 e. The summed E-state index contributed by atoms with van der Waals surface area (Å²) >= 11 is 2.72. The van der Waals surface area contributed by atoms with Crippen LogP contribution in [0.25, 0.3) is 10.8 Å². The standard InChI is InChI=1S/C19H12N6OS2/c20-9-13-4-2-12(3-5-13)8-14-10-23-19(28-14)25-17(26)15-11-27-18(24-15)16-21-6-1-7-22-16/h1-7,10-11H,8H2,(H,23,25,26). The molecular weight excluding hydrogens is 392 g/mol. The number of rotatable bonds is 5. The monoisotopic (exact) mass is 404 g/mol. The molecule has 0 spiro atoms. The summed E-state index contributed by atoms with van der Waals surface area (Å²) in [5, 5.41) is 14.4. The molecule has 0 radical (unpaired) electrons. The lowest BCUT2D eigenvalue weighted by Gasteiger charge is -1.99. The molecule has 28 heavy (non-hydrogen) atoms. The Hall–Kier alpha value is -3.48. The first-order valence-electron chi connectivity index (χ1n) is 8.19. The van der Waals surface area contributed by atoms with Gasteiger partial charge in [0.1, 0.15) is 5.69 Å². The predicted octanol–water partition coefficient (Wildman–Crippen LogP) is 3.77. The molecule has 0 aliphatic heterocycles. The Morgan fingerprint density at radius 1 is 1.14 bits per heavy atom. The molecule has 136 valence electrons. The summed E-state index contributed by atoms with van der Waals surface area (Å²) in [6.07, 6.45) is 5.69. The van der Waals surface area contributed by atoms with E-state index in [9.17, 15) is 4.79 Å². The highest BCUT2D eigenvalue weighted by Gasteiger charge is 2.15. The number of benzene rings is 1. The molecule has 4 aromatic rings. The van der Waals surface area contributed by atoms with Gasteiger partial charge in [0.15, 0.2) is 16.0 Å². The minimum absolute atomic E-state index is 0.302.